The summed E-state index contributed by atoms with van der Waals surface area (Å²) < 4.78 is 5.74. The Morgan fingerprint density at radius 3 is 2.81 bits per heavy atom. The summed E-state index contributed by atoms with van der Waals surface area (Å²) in [4.78, 5) is 29.2. The number of aromatic amines is 1. The summed E-state index contributed by atoms with van der Waals surface area (Å²) in [6.45, 7) is 4.28. The second kappa shape index (κ2) is 7.90. The average molecular weight is 418 g/mol. The van der Waals surface area contributed by atoms with Crippen LogP contribution in [0.2, 0.25) is 0 Å². The number of H-pyrrole nitrogens is 1. The highest BCUT2D eigenvalue weighted by molar-refractivity contribution is 6.10. The number of furan rings is 1. The summed E-state index contributed by atoms with van der Waals surface area (Å²) >= 11 is 0. The number of amides is 1. The standard InChI is InChI=1S/C23H22N4O4/c28-13-25-15-1-4-21-14(9-15)10-22(31-21)23(30)19-11-16-17(12-27-7-5-24-6-8-27)20(29)3-2-18(16)26-19/h1-4,9-11,13,24,26,29H,5-8,12H2,(H,25,28). The molecule has 2 aromatic heterocycles. The number of ketones is 1. The van der Waals surface area contributed by atoms with Gasteiger partial charge in [-0.15, -0.1) is 0 Å². The third-order valence-electron chi connectivity index (χ3n) is 5.69. The van der Waals surface area contributed by atoms with Crippen molar-refractivity contribution in [1.82, 2.24) is 15.2 Å². The van der Waals surface area contributed by atoms with Crippen LogP contribution >= 0.6 is 0 Å². The number of carbonyl (C=O) groups is 2. The van der Waals surface area contributed by atoms with Crippen LogP contribution in [-0.2, 0) is 11.3 Å². The smallest absolute Gasteiger partial charge is 0.244 e. The van der Waals surface area contributed by atoms with E-state index in [2.05, 4.69) is 20.5 Å². The van der Waals surface area contributed by atoms with Gasteiger partial charge in [0, 0.05) is 60.3 Å². The van der Waals surface area contributed by atoms with Gasteiger partial charge < -0.3 is 25.1 Å². The van der Waals surface area contributed by atoms with Crippen LogP contribution in [0.1, 0.15) is 21.8 Å². The molecule has 4 N–H and O–H groups in total. The monoisotopic (exact) mass is 418 g/mol. The number of hydrogen-bond acceptors (Lipinski definition) is 6. The fourth-order valence-electron chi connectivity index (χ4n) is 4.08. The van der Waals surface area contributed by atoms with Crippen molar-refractivity contribution in [3.8, 4) is 5.75 Å². The van der Waals surface area contributed by atoms with Gasteiger partial charge in [-0.05, 0) is 42.5 Å². The van der Waals surface area contributed by atoms with E-state index in [4.69, 9.17) is 4.42 Å². The van der Waals surface area contributed by atoms with Gasteiger partial charge in [-0.25, -0.2) is 0 Å². The lowest BCUT2D eigenvalue weighted by Crippen LogP contribution is -2.42. The van der Waals surface area contributed by atoms with E-state index < -0.39 is 0 Å². The van der Waals surface area contributed by atoms with Crippen molar-refractivity contribution >= 4 is 39.8 Å². The number of nitrogens with zero attached hydrogens (tertiary/aromatic N) is 1. The maximum Gasteiger partial charge on any atom is 0.244 e. The van der Waals surface area contributed by atoms with Crippen molar-refractivity contribution in [2.24, 2.45) is 0 Å². The molecule has 0 bridgehead atoms. The zero-order chi connectivity index (χ0) is 21.4. The minimum Gasteiger partial charge on any atom is -0.508 e. The van der Waals surface area contributed by atoms with Gasteiger partial charge in [-0.2, -0.15) is 0 Å². The lowest BCUT2D eigenvalue weighted by Gasteiger charge is -2.27. The number of hydrogen-bond donors (Lipinski definition) is 4. The van der Waals surface area contributed by atoms with E-state index in [-0.39, 0.29) is 17.3 Å². The molecule has 0 spiro atoms. The molecule has 4 aromatic rings. The molecule has 0 unspecified atom stereocenters. The predicted molar refractivity (Wildman–Crippen MR) is 117 cm³/mol. The number of phenolic OH excluding ortho intramolecular Hbond substituents is 1. The Bertz CT molecular complexity index is 1280. The Balaban J connectivity index is 1.48. The molecule has 1 amide bonds. The Morgan fingerprint density at radius 1 is 1.16 bits per heavy atom. The van der Waals surface area contributed by atoms with Gasteiger partial charge in [0.05, 0.1) is 5.69 Å². The third-order valence-corrected chi connectivity index (χ3v) is 5.69. The first kappa shape index (κ1) is 19.3. The number of anilines is 1. The van der Waals surface area contributed by atoms with Crippen LogP contribution in [0.5, 0.6) is 5.75 Å². The van der Waals surface area contributed by atoms with Crippen molar-refractivity contribution in [1.29, 1.82) is 0 Å². The molecule has 1 fully saturated rings. The quantitative estimate of drug-likeness (QED) is 0.283. The number of aromatic nitrogens is 1. The molecule has 0 atom stereocenters. The Hall–Kier alpha value is -3.62. The van der Waals surface area contributed by atoms with Gasteiger partial charge in [0.25, 0.3) is 0 Å². The molecular formula is C23H22N4O4. The molecule has 0 saturated carbocycles. The Labute approximate surface area is 177 Å². The summed E-state index contributed by atoms with van der Waals surface area (Å²) in [6.07, 6.45) is 0.602. The van der Waals surface area contributed by atoms with Crippen LogP contribution in [-0.4, -0.2) is 53.4 Å². The maximum atomic E-state index is 13.1. The van der Waals surface area contributed by atoms with E-state index in [1.165, 1.54) is 0 Å². The van der Waals surface area contributed by atoms with Crippen molar-refractivity contribution < 1.29 is 19.1 Å². The number of piperazine rings is 1. The zero-order valence-electron chi connectivity index (χ0n) is 16.8. The molecular weight excluding hydrogens is 396 g/mol. The fraction of sp³-hybridized carbons (Fsp3) is 0.217. The van der Waals surface area contributed by atoms with Crippen LogP contribution in [0.15, 0.2) is 46.9 Å². The topological polar surface area (TPSA) is 111 Å². The number of carbonyl (C=O) groups excluding carboxylic acids is 2. The molecule has 158 valence electrons. The highest BCUT2D eigenvalue weighted by atomic mass is 16.3. The molecule has 0 aliphatic carbocycles. The first-order valence-electron chi connectivity index (χ1n) is 10.2. The molecule has 2 aromatic carbocycles. The van der Waals surface area contributed by atoms with Crippen molar-refractivity contribution in [2.45, 2.75) is 6.54 Å². The lowest BCUT2D eigenvalue weighted by atomic mass is 10.1. The van der Waals surface area contributed by atoms with Gasteiger partial charge >= 0.3 is 0 Å². The van der Waals surface area contributed by atoms with Gasteiger partial charge in [0.2, 0.25) is 12.2 Å². The normalized spacial score (nSPS) is 14.8. The number of fused-ring (bicyclic) bond motifs is 2. The van der Waals surface area contributed by atoms with Gasteiger partial charge in [0.15, 0.2) is 5.76 Å². The molecule has 8 heteroatoms. The highest BCUT2D eigenvalue weighted by Crippen LogP contribution is 2.31. The largest absolute Gasteiger partial charge is 0.508 e. The highest BCUT2D eigenvalue weighted by Gasteiger charge is 2.20. The van der Waals surface area contributed by atoms with Crippen LogP contribution < -0.4 is 10.6 Å². The van der Waals surface area contributed by atoms with E-state index in [0.29, 0.717) is 29.9 Å². The summed E-state index contributed by atoms with van der Waals surface area (Å²) in [7, 11) is 0. The Morgan fingerprint density at radius 2 is 2.00 bits per heavy atom. The molecule has 0 radical (unpaired) electrons. The minimum absolute atomic E-state index is 0.206. The summed E-state index contributed by atoms with van der Waals surface area (Å²) in [5.74, 6) is 0.158. The van der Waals surface area contributed by atoms with E-state index in [1.54, 1.807) is 42.5 Å². The molecule has 5 rings (SSSR count). The van der Waals surface area contributed by atoms with Gasteiger partial charge in [0.1, 0.15) is 11.3 Å². The second-order valence-electron chi connectivity index (χ2n) is 7.69. The maximum absolute atomic E-state index is 13.1. The first-order valence-corrected chi connectivity index (χ1v) is 10.2. The molecule has 1 aliphatic heterocycles. The number of phenols is 1. The van der Waals surface area contributed by atoms with E-state index in [0.717, 1.165) is 48.0 Å². The first-order chi connectivity index (χ1) is 15.1. The van der Waals surface area contributed by atoms with Crippen LogP contribution in [0.25, 0.3) is 21.9 Å². The van der Waals surface area contributed by atoms with Crippen LogP contribution in [0.4, 0.5) is 5.69 Å². The fourth-order valence-corrected chi connectivity index (χ4v) is 4.08. The number of nitrogens with one attached hydrogen (secondary N) is 3. The van der Waals surface area contributed by atoms with E-state index >= 15 is 0 Å². The number of benzene rings is 2. The number of rotatable bonds is 6. The molecule has 8 nitrogen and oxygen atoms in total. The lowest BCUT2D eigenvalue weighted by molar-refractivity contribution is -0.105. The van der Waals surface area contributed by atoms with Crippen molar-refractivity contribution in [3.63, 3.8) is 0 Å². The minimum atomic E-state index is -0.273. The van der Waals surface area contributed by atoms with Gasteiger partial charge in [-0.1, -0.05) is 0 Å². The van der Waals surface area contributed by atoms with Crippen LogP contribution in [0, 0.1) is 0 Å². The summed E-state index contributed by atoms with van der Waals surface area (Å²) in [5.41, 5.74) is 3.19. The van der Waals surface area contributed by atoms with E-state index in [1.807, 2.05) is 0 Å². The SMILES string of the molecule is O=CNc1ccc2oc(C(=O)c3cc4c(CN5CCNCC5)c(O)ccc4[nH]3)cc2c1. The summed E-state index contributed by atoms with van der Waals surface area (Å²) in [5, 5.41) is 17.9. The van der Waals surface area contributed by atoms with Crippen LogP contribution in [0.3, 0.4) is 0 Å². The zero-order valence-corrected chi connectivity index (χ0v) is 16.8. The molecule has 31 heavy (non-hydrogen) atoms. The molecule has 1 saturated heterocycles. The third kappa shape index (κ3) is 3.67. The second-order valence-corrected chi connectivity index (χ2v) is 7.69. The predicted octanol–water partition coefficient (Wildman–Crippen LogP) is 2.82. The average Bonchev–Trinajstić information content (AvgIpc) is 3.40. The van der Waals surface area contributed by atoms with Gasteiger partial charge in [-0.3, -0.25) is 14.5 Å². The van der Waals surface area contributed by atoms with Crippen molar-refractivity contribution in [2.75, 3.05) is 31.5 Å². The van der Waals surface area contributed by atoms with Crippen molar-refractivity contribution in [3.05, 3.63) is 59.5 Å². The molecule has 3 heterocycles. The number of aromatic hydroxyl groups is 1. The van der Waals surface area contributed by atoms with E-state index in [9.17, 15) is 14.7 Å². The molecule has 1 aliphatic rings. The Kier molecular flexibility index (Phi) is 4.93. The summed E-state index contributed by atoms with van der Waals surface area (Å²) in [6, 6.07) is 12.1.